The van der Waals surface area contributed by atoms with Crippen LogP contribution in [0.1, 0.15) is 79.1 Å². The summed E-state index contributed by atoms with van der Waals surface area (Å²) in [7, 11) is -2.56. The van der Waals surface area contributed by atoms with E-state index < -0.39 is 15.6 Å². The van der Waals surface area contributed by atoms with Gasteiger partial charge >= 0.3 is 0 Å². The summed E-state index contributed by atoms with van der Waals surface area (Å²) in [6.07, 6.45) is 6.19. The molecule has 2 N–H and O–H groups in total. The van der Waals surface area contributed by atoms with E-state index in [1.165, 1.54) is 13.1 Å². The monoisotopic (exact) mass is 591 g/mol. The number of aliphatic imine (C=N–C) groups is 1. The zero-order chi connectivity index (χ0) is 30.1. The molecule has 5 rings (SSSR count). The summed E-state index contributed by atoms with van der Waals surface area (Å²) in [6, 6.07) is 11.8. The molecule has 1 spiro atoms. The van der Waals surface area contributed by atoms with E-state index >= 15 is 0 Å². The molecule has 1 fully saturated rings. The average Bonchev–Trinajstić information content (AvgIpc) is 3.66. The Hall–Kier alpha value is -3.99. The van der Waals surface area contributed by atoms with Crippen LogP contribution in [-0.2, 0) is 21.4 Å². The van der Waals surface area contributed by atoms with Crippen molar-refractivity contribution in [2.45, 2.75) is 82.7 Å². The molecule has 2 heterocycles. The van der Waals surface area contributed by atoms with Crippen LogP contribution in [-0.4, -0.2) is 48.7 Å². The normalized spacial score (nSPS) is 16.2. The van der Waals surface area contributed by atoms with Gasteiger partial charge in [-0.1, -0.05) is 61.7 Å². The number of unbranched alkanes of at least 4 members (excludes halogenated alkanes) is 1. The number of anilines is 1. The Balaban J connectivity index is 1.51. The molecule has 222 valence electrons. The first-order chi connectivity index (χ1) is 20.1. The lowest BCUT2D eigenvalue weighted by Gasteiger charge is -2.23. The summed E-state index contributed by atoms with van der Waals surface area (Å²) in [5.74, 6) is 1.11. The molecule has 0 radical (unpaired) electrons. The van der Waals surface area contributed by atoms with Gasteiger partial charge in [-0.15, -0.1) is 0 Å². The highest BCUT2D eigenvalue weighted by atomic mass is 32.2. The van der Waals surface area contributed by atoms with Gasteiger partial charge in [0, 0.05) is 30.2 Å². The molecule has 0 atom stereocenters. The number of nitrogens with zero attached hydrogens (tertiary/aromatic N) is 3. The Morgan fingerprint density at radius 2 is 1.83 bits per heavy atom. The van der Waals surface area contributed by atoms with Gasteiger partial charge in [0.15, 0.2) is 5.82 Å². The van der Waals surface area contributed by atoms with Crippen molar-refractivity contribution < 1.29 is 22.5 Å². The zero-order valence-corrected chi connectivity index (χ0v) is 25.3. The van der Waals surface area contributed by atoms with E-state index in [2.05, 4.69) is 22.1 Å². The summed E-state index contributed by atoms with van der Waals surface area (Å²) < 4.78 is 34.7. The Kier molecular flexibility index (Phi) is 8.23. The van der Waals surface area contributed by atoms with Crippen molar-refractivity contribution >= 4 is 33.5 Å². The fourth-order valence-corrected chi connectivity index (χ4v) is 7.03. The number of aryl methyl sites for hydroxylation is 1. The molecule has 2 aromatic carbocycles. The number of carbonyl (C=O) groups excluding carboxylic acids is 2. The summed E-state index contributed by atoms with van der Waals surface area (Å²) in [5.41, 5.74) is 1.82. The predicted octanol–water partition coefficient (Wildman–Crippen LogP) is 5.36. The molecule has 10 nitrogen and oxygen atoms in total. The van der Waals surface area contributed by atoms with Gasteiger partial charge in [0.2, 0.25) is 0 Å². The number of benzene rings is 2. The number of hydrogen-bond donors (Lipinski definition) is 2. The number of sulfonamides is 1. The largest absolute Gasteiger partial charge is 0.359 e. The third kappa shape index (κ3) is 5.45. The fourth-order valence-electron chi connectivity index (χ4n) is 5.75. The average molecular weight is 592 g/mol. The molecular formula is C31H37N5O5S. The second-order valence-corrected chi connectivity index (χ2v) is 12.7. The first-order valence-corrected chi connectivity index (χ1v) is 15.9. The molecular weight excluding hydrogens is 554 g/mol. The van der Waals surface area contributed by atoms with Gasteiger partial charge in [0.05, 0.1) is 11.4 Å². The number of rotatable bonds is 10. The molecule has 0 unspecified atom stereocenters. The summed E-state index contributed by atoms with van der Waals surface area (Å²) in [5, 5.41) is 6.51. The van der Waals surface area contributed by atoms with Crippen LogP contribution in [0.4, 0.5) is 5.82 Å². The van der Waals surface area contributed by atoms with Crippen molar-refractivity contribution in [2.75, 3.05) is 11.8 Å². The van der Waals surface area contributed by atoms with Crippen molar-refractivity contribution in [3.63, 3.8) is 0 Å². The minimum atomic E-state index is -4.09. The maximum Gasteiger partial charge on any atom is 0.263 e. The van der Waals surface area contributed by atoms with Crippen LogP contribution in [0, 0.1) is 13.8 Å². The zero-order valence-electron chi connectivity index (χ0n) is 24.5. The minimum Gasteiger partial charge on any atom is -0.359 e. The third-order valence-corrected chi connectivity index (χ3v) is 9.63. The van der Waals surface area contributed by atoms with Gasteiger partial charge in [-0.3, -0.25) is 24.2 Å². The van der Waals surface area contributed by atoms with Crippen molar-refractivity contribution in [1.29, 1.82) is 0 Å². The van der Waals surface area contributed by atoms with E-state index in [1.807, 2.05) is 6.07 Å². The van der Waals surface area contributed by atoms with E-state index in [1.54, 1.807) is 49.1 Å². The van der Waals surface area contributed by atoms with E-state index in [9.17, 15) is 18.0 Å². The molecule has 2 aliphatic rings. The highest BCUT2D eigenvalue weighted by Gasteiger charge is 2.49. The molecule has 1 aliphatic carbocycles. The topological polar surface area (TPSA) is 134 Å². The lowest BCUT2D eigenvalue weighted by atomic mass is 9.95. The summed E-state index contributed by atoms with van der Waals surface area (Å²) in [4.78, 5) is 33.6. The lowest BCUT2D eigenvalue weighted by molar-refractivity contribution is -0.131. The van der Waals surface area contributed by atoms with Crippen molar-refractivity contribution in [3.05, 3.63) is 64.9 Å². The Morgan fingerprint density at radius 3 is 2.50 bits per heavy atom. The molecule has 1 saturated carbocycles. The van der Waals surface area contributed by atoms with E-state index in [0.29, 0.717) is 34.6 Å². The number of nitrogens with one attached hydrogen (secondary N) is 2. The second kappa shape index (κ2) is 11.7. The van der Waals surface area contributed by atoms with Crippen LogP contribution in [0.15, 0.2) is 56.9 Å². The Morgan fingerprint density at radius 1 is 1.10 bits per heavy atom. The van der Waals surface area contributed by atoms with Crippen LogP contribution in [0.5, 0.6) is 0 Å². The molecule has 3 aromatic rings. The molecule has 1 aromatic heterocycles. The Labute approximate surface area is 246 Å². The van der Waals surface area contributed by atoms with Crippen LogP contribution >= 0.6 is 0 Å². The van der Waals surface area contributed by atoms with Gasteiger partial charge in [-0.05, 0) is 56.4 Å². The van der Waals surface area contributed by atoms with Crippen molar-refractivity contribution in [3.8, 4) is 11.1 Å². The molecule has 2 amide bonds. The quantitative estimate of drug-likeness (QED) is 0.326. The molecule has 11 heteroatoms. The maximum atomic E-state index is 13.6. The van der Waals surface area contributed by atoms with Crippen molar-refractivity contribution in [1.82, 2.24) is 15.4 Å². The second-order valence-electron chi connectivity index (χ2n) is 11.0. The predicted molar refractivity (Wildman–Crippen MR) is 161 cm³/mol. The van der Waals surface area contributed by atoms with E-state index in [0.717, 1.165) is 56.3 Å². The maximum absolute atomic E-state index is 13.6. The molecule has 0 saturated heterocycles. The number of hydrogen-bond acceptors (Lipinski definition) is 7. The number of amides is 2. The van der Waals surface area contributed by atoms with Crippen molar-refractivity contribution in [2.24, 2.45) is 4.99 Å². The third-order valence-electron chi connectivity index (χ3n) is 8.23. The standard InChI is InChI=1S/C31H37N5O5S/c1-5-6-13-27-33-31(16-9-10-17-31)30(38)36(27)19-22-14-15-23(25(18-22)29(37)32-4)24-11-7-8-12-26(24)42(39,40)35-28-20(2)21(3)41-34-28/h7-8,11-12,14-15,18H,5-6,9-10,13,16-17,19H2,1-4H3,(H,32,37)(H,34,35). The van der Waals surface area contributed by atoms with Crippen LogP contribution < -0.4 is 10.0 Å². The molecule has 42 heavy (non-hydrogen) atoms. The molecule has 0 bridgehead atoms. The first-order valence-electron chi connectivity index (χ1n) is 14.4. The van der Waals surface area contributed by atoms with Crippen LogP contribution in [0.2, 0.25) is 0 Å². The minimum absolute atomic E-state index is 0.00478. The SMILES string of the molecule is CCCCC1=NC2(CCCC2)C(=O)N1Cc1ccc(-c2ccccc2S(=O)(=O)Nc2noc(C)c2C)c(C(=O)NC)c1. The van der Waals surface area contributed by atoms with E-state index in [-0.39, 0.29) is 22.5 Å². The lowest BCUT2D eigenvalue weighted by Crippen LogP contribution is -2.40. The van der Waals surface area contributed by atoms with Crippen LogP contribution in [0.3, 0.4) is 0 Å². The highest BCUT2D eigenvalue weighted by Crippen LogP contribution is 2.40. The Bertz CT molecular complexity index is 1650. The van der Waals surface area contributed by atoms with Gasteiger partial charge in [-0.2, -0.15) is 0 Å². The number of amidine groups is 1. The van der Waals surface area contributed by atoms with Gasteiger partial charge in [-0.25, -0.2) is 8.42 Å². The van der Waals surface area contributed by atoms with E-state index in [4.69, 9.17) is 9.52 Å². The highest BCUT2D eigenvalue weighted by molar-refractivity contribution is 7.92. The smallest absolute Gasteiger partial charge is 0.263 e. The molecule has 1 aliphatic heterocycles. The fraction of sp³-hybridized carbons (Fsp3) is 0.419. The first kappa shape index (κ1) is 29.5. The van der Waals surface area contributed by atoms with Gasteiger partial charge < -0.3 is 9.84 Å². The number of carbonyl (C=O) groups is 2. The summed E-state index contributed by atoms with van der Waals surface area (Å²) in [6.45, 7) is 5.83. The summed E-state index contributed by atoms with van der Waals surface area (Å²) >= 11 is 0. The number of aromatic nitrogens is 1. The van der Waals surface area contributed by atoms with Gasteiger partial charge in [0.1, 0.15) is 17.1 Å². The van der Waals surface area contributed by atoms with Crippen LogP contribution in [0.25, 0.3) is 11.1 Å². The van der Waals surface area contributed by atoms with Gasteiger partial charge in [0.25, 0.3) is 21.8 Å².